The number of benzene rings is 1. The van der Waals surface area contributed by atoms with Crippen LogP contribution in [0, 0.1) is 0 Å². The molecule has 3 heterocycles. The third-order valence-corrected chi connectivity index (χ3v) is 5.02. The summed E-state index contributed by atoms with van der Waals surface area (Å²) in [5.41, 5.74) is 1.15. The summed E-state index contributed by atoms with van der Waals surface area (Å²) in [6.45, 7) is 0.415. The molecular formula is C19H15N3O5S. The Bertz CT molecular complexity index is 977. The summed E-state index contributed by atoms with van der Waals surface area (Å²) >= 11 is 0.869. The zero-order valence-electron chi connectivity index (χ0n) is 14.6. The Labute approximate surface area is 164 Å². The van der Waals surface area contributed by atoms with Gasteiger partial charge in [-0.25, -0.2) is 0 Å². The molecule has 2 aliphatic rings. The number of pyridine rings is 1. The van der Waals surface area contributed by atoms with Crippen molar-refractivity contribution >= 4 is 34.9 Å². The largest absolute Gasteiger partial charge is 0.454 e. The van der Waals surface area contributed by atoms with Crippen molar-refractivity contribution in [2.45, 2.75) is 0 Å². The first-order chi connectivity index (χ1) is 13.6. The van der Waals surface area contributed by atoms with Gasteiger partial charge in [0, 0.05) is 25.5 Å². The molecule has 1 N–H and O–H groups in total. The van der Waals surface area contributed by atoms with E-state index in [-0.39, 0.29) is 36.9 Å². The molecule has 4 rings (SSSR count). The molecule has 2 aromatic rings. The van der Waals surface area contributed by atoms with Crippen LogP contribution in [0.5, 0.6) is 11.5 Å². The molecule has 9 heteroatoms. The van der Waals surface area contributed by atoms with E-state index >= 15 is 0 Å². The smallest absolute Gasteiger partial charge is 0.293 e. The van der Waals surface area contributed by atoms with E-state index in [2.05, 4.69) is 10.3 Å². The Kier molecular flexibility index (Phi) is 4.98. The van der Waals surface area contributed by atoms with Crippen LogP contribution in [0.3, 0.4) is 0 Å². The van der Waals surface area contributed by atoms with Crippen LogP contribution in [0.1, 0.15) is 15.9 Å². The average Bonchev–Trinajstić information content (AvgIpc) is 3.28. The first-order valence-corrected chi connectivity index (χ1v) is 9.27. The number of hydrogen-bond donors (Lipinski definition) is 1. The number of carbonyl (C=O) groups excluding carboxylic acids is 3. The maximum absolute atomic E-state index is 12.5. The summed E-state index contributed by atoms with van der Waals surface area (Å²) < 4.78 is 10.6. The van der Waals surface area contributed by atoms with Crippen molar-refractivity contribution < 1.29 is 23.9 Å². The molecule has 1 saturated heterocycles. The maximum Gasteiger partial charge on any atom is 0.293 e. The Balaban J connectivity index is 1.38. The van der Waals surface area contributed by atoms with E-state index in [1.54, 1.807) is 42.6 Å². The SMILES string of the molecule is O=C(NCCN1C(=O)S/C(=C\c2ccc3c(c2)OCO3)C1=O)c1cccnc1. The van der Waals surface area contributed by atoms with Gasteiger partial charge < -0.3 is 14.8 Å². The summed E-state index contributed by atoms with van der Waals surface area (Å²) in [5, 5.41) is 2.31. The van der Waals surface area contributed by atoms with E-state index in [0.29, 0.717) is 22.0 Å². The van der Waals surface area contributed by atoms with Crippen molar-refractivity contribution in [2.75, 3.05) is 19.9 Å². The Morgan fingerprint density at radius 3 is 2.93 bits per heavy atom. The molecule has 0 aliphatic carbocycles. The molecule has 0 saturated carbocycles. The van der Waals surface area contributed by atoms with Crippen LogP contribution in [0.25, 0.3) is 6.08 Å². The molecule has 0 bridgehead atoms. The Hall–Kier alpha value is -3.33. The zero-order valence-corrected chi connectivity index (χ0v) is 15.4. The third kappa shape index (κ3) is 3.70. The summed E-state index contributed by atoms with van der Waals surface area (Å²) in [7, 11) is 0. The number of aromatic nitrogens is 1. The van der Waals surface area contributed by atoms with Crippen molar-refractivity contribution in [3.05, 3.63) is 58.8 Å². The molecule has 0 radical (unpaired) electrons. The van der Waals surface area contributed by atoms with Crippen molar-refractivity contribution in [1.82, 2.24) is 15.2 Å². The monoisotopic (exact) mass is 397 g/mol. The standard InChI is InChI=1S/C19H15N3O5S/c23-17(13-2-1-5-20-10-13)21-6-7-22-18(24)16(28-19(22)25)9-12-3-4-14-15(8-12)27-11-26-14/h1-5,8-10H,6-7,11H2,(H,21,23)/b16-9-. The van der Waals surface area contributed by atoms with Crippen molar-refractivity contribution in [1.29, 1.82) is 0 Å². The van der Waals surface area contributed by atoms with Gasteiger partial charge in [-0.2, -0.15) is 0 Å². The number of carbonyl (C=O) groups is 3. The van der Waals surface area contributed by atoms with Crippen LogP contribution in [0.15, 0.2) is 47.6 Å². The predicted molar refractivity (Wildman–Crippen MR) is 102 cm³/mol. The highest BCUT2D eigenvalue weighted by Gasteiger charge is 2.34. The van der Waals surface area contributed by atoms with Gasteiger partial charge in [-0.1, -0.05) is 6.07 Å². The summed E-state index contributed by atoms with van der Waals surface area (Å²) in [5.74, 6) is 0.556. The zero-order chi connectivity index (χ0) is 19.5. The fourth-order valence-corrected chi connectivity index (χ4v) is 3.59. The number of nitrogens with zero attached hydrogens (tertiary/aromatic N) is 2. The van der Waals surface area contributed by atoms with Gasteiger partial charge in [0.1, 0.15) is 0 Å². The minimum absolute atomic E-state index is 0.0924. The number of amides is 3. The molecule has 0 unspecified atom stereocenters. The first-order valence-electron chi connectivity index (χ1n) is 8.45. The molecule has 1 aromatic heterocycles. The van der Waals surface area contributed by atoms with Crippen LogP contribution in [-0.4, -0.2) is 46.8 Å². The molecule has 2 aliphatic heterocycles. The minimum atomic E-state index is -0.386. The van der Waals surface area contributed by atoms with Crippen molar-refractivity contribution in [3.63, 3.8) is 0 Å². The van der Waals surface area contributed by atoms with E-state index in [1.807, 2.05) is 0 Å². The molecule has 8 nitrogen and oxygen atoms in total. The number of imide groups is 1. The van der Waals surface area contributed by atoms with E-state index < -0.39 is 0 Å². The quantitative estimate of drug-likeness (QED) is 0.773. The molecule has 0 atom stereocenters. The number of nitrogens with one attached hydrogen (secondary N) is 1. The van der Waals surface area contributed by atoms with E-state index in [0.717, 1.165) is 22.2 Å². The lowest BCUT2D eigenvalue weighted by molar-refractivity contribution is -0.122. The fraction of sp³-hybridized carbons (Fsp3) is 0.158. The Morgan fingerprint density at radius 2 is 2.11 bits per heavy atom. The highest BCUT2D eigenvalue weighted by Crippen LogP contribution is 2.36. The topological polar surface area (TPSA) is 97.8 Å². The van der Waals surface area contributed by atoms with Gasteiger partial charge in [0.25, 0.3) is 17.1 Å². The fourth-order valence-electron chi connectivity index (χ4n) is 2.73. The average molecular weight is 397 g/mol. The van der Waals surface area contributed by atoms with Gasteiger partial charge in [0.2, 0.25) is 6.79 Å². The molecular weight excluding hydrogens is 382 g/mol. The number of thioether (sulfide) groups is 1. The summed E-state index contributed by atoms with van der Waals surface area (Å²) in [6.07, 6.45) is 4.66. The normalized spacial score (nSPS) is 16.7. The van der Waals surface area contributed by atoms with Gasteiger partial charge in [-0.05, 0) is 47.7 Å². The van der Waals surface area contributed by atoms with Gasteiger partial charge >= 0.3 is 0 Å². The number of fused-ring (bicyclic) bond motifs is 1. The number of hydrogen-bond acceptors (Lipinski definition) is 7. The maximum atomic E-state index is 12.5. The highest BCUT2D eigenvalue weighted by atomic mass is 32.2. The van der Waals surface area contributed by atoms with E-state index in [9.17, 15) is 14.4 Å². The molecule has 3 amide bonds. The van der Waals surface area contributed by atoms with Gasteiger partial charge in [0.05, 0.1) is 10.5 Å². The molecule has 28 heavy (non-hydrogen) atoms. The van der Waals surface area contributed by atoms with Crippen LogP contribution < -0.4 is 14.8 Å². The number of ether oxygens (including phenoxy) is 2. The van der Waals surface area contributed by atoms with Crippen LogP contribution in [0.4, 0.5) is 4.79 Å². The lowest BCUT2D eigenvalue weighted by Crippen LogP contribution is -2.37. The minimum Gasteiger partial charge on any atom is -0.454 e. The lowest BCUT2D eigenvalue weighted by atomic mass is 10.2. The van der Waals surface area contributed by atoms with Crippen LogP contribution in [0.2, 0.25) is 0 Å². The molecule has 0 spiro atoms. The first kappa shape index (κ1) is 18.1. The van der Waals surface area contributed by atoms with E-state index in [1.165, 1.54) is 6.20 Å². The summed E-state index contributed by atoms with van der Waals surface area (Å²) in [6, 6.07) is 8.59. The van der Waals surface area contributed by atoms with Gasteiger partial charge in [-0.3, -0.25) is 24.3 Å². The lowest BCUT2D eigenvalue weighted by Gasteiger charge is -2.12. The Morgan fingerprint density at radius 1 is 1.25 bits per heavy atom. The third-order valence-electron chi connectivity index (χ3n) is 4.11. The number of rotatable bonds is 5. The second kappa shape index (κ2) is 7.73. The van der Waals surface area contributed by atoms with Crippen LogP contribution in [-0.2, 0) is 4.79 Å². The van der Waals surface area contributed by atoms with Gasteiger partial charge in [0.15, 0.2) is 11.5 Å². The van der Waals surface area contributed by atoms with Crippen LogP contribution >= 0.6 is 11.8 Å². The molecule has 1 aromatic carbocycles. The second-order valence-electron chi connectivity index (χ2n) is 5.94. The second-order valence-corrected chi connectivity index (χ2v) is 6.94. The predicted octanol–water partition coefficient (Wildman–Crippen LogP) is 2.28. The van der Waals surface area contributed by atoms with Gasteiger partial charge in [-0.15, -0.1) is 0 Å². The molecule has 1 fully saturated rings. The van der Waals surface area contributed by atoms with Crippen molar-refractivity contribution in [3.8, 4) is 11.5 Å². The van der Waals surface area contributed by atoms with Crippen molar-refractivity contribution in [2.24, 2.45) is 0 Å². The van der Waals surface area contributed by atoms with E-state index in [4.69, 9.17) is 9.47 Å². The molecule has 142 valence electrons. The highest BCUT2D eigenvalue weighted by molar-refractivity contribution is 8.18. The summed E-state index contributed by atoms with van der Waals surface area (Å²) in [4.78, 5) is 42.0.